The van der Waals surface area contributed by atoms with Crippen LogP contribution in [0.4, 0.5) is 0 Å². The van der Waals surface area contributed by atoms with Gasteiger partial charge >= 0.3 is 0 Å². The molecule has 0 amide bonds. The molecule has 0 bridgehead atoms. The molecule has 0 aliphatic heterocycles. The Morgan fingerprint density at radius 1 is 0.229 bits per heavy atom. The first-order valence-corrected chi connectivity index (χ1v) is 17.1. The van der Waals surface area contributed by atoms with E-state index in [0.29, 0.717) is 0 Å². The van der Waals surface area contributed by atoms with E-state index in [1.807, 2.05) is 0 Å². The summed E-state index contributed by atoms with van der Waals surface area (Å²) in [4.78, 5) is 0. The van der Waals surface area contributed by atoms with E-state index < -0.39 is 0 Å². The first-order chi connectivity index (χ1) is 17.4. The summed E-state index contributed by atoms with van der Waals surface area (Å²) in [5.74, 6) is 0. The number of unbranched alkanes of at least 4 members (excludes halogenated alkanes) is 29. The number of hydrogen-bond acceptors (Lipinski definition) is 0. The Bertz CT molecular complexity index is 368. The number of allylic oxidation sites excluding steroid dienone is 2. The standard InChI is InChI=1S/C35H70/c1-3-5-7-9-11-13-15-17-19-21-23-25-27-29-31-33-35-34-32-30-28-26-24-22-20-18-16-14-12-10-8-6-4-2/h33,35H,3-32,34H2,1-2H3. The molecular weight excluding hydrogens is 420 g/mol. The van der Waals surface area contributed by atoms with Crippen molar-refractivity contribution >= 4 is 0 Å². The van der Waals surface area contributed by atoms with Gasteiger partial charge in [0, 0.05) is 0 Å². The summed E-state index contributed by atoms with van der Waals surface area (Å²) in [6, 6.07) is 0. The van der Waals surface area contributed by atoms with Crippen molar-refractivity contribution < 1.29 is 0 Å². The van der Waals surface area contributed by atoms with E-state index in [0.717, 1.165) is 0 Å². The van der Waals surface area contributed by atoms with Crippen LogP contribution in [0.5, 0.6) is 0 Å². The van der Waals surface area contributed by atoms with Gasteiger partial charge in [-0.3, -0.25) is 0 Å². The fourth-order valence-corrected chi connectivity index (χ4v) is 5.33. The Balaban J connectivity index is 3.07. The van der Waals surface area contributed by atoms with Gasteiger partial charge in [0.25, 0.3) is 0 Å². The third-order valence-corrected chi connectivity index (χ3v) is 7.87. The average Bonchev–Trinajstić information content (AvgIpc) is 2.87. The maximum absolute atomic E-state index is 2.46. The molecule has 35 heavy (non-hydrogen) atoms. The van der Waals surface area contributed by atoms with Gasteiger partial charge in [-0.2, -0.15) is 0 Å². The molecule has 0 aromatic rings. The number of hydrogen-bond donors (Lipinski definition) is 0. The van der Waals surface area contributed by atoms with Gasteiger partial charge < -0.3 is 0 Å². The zero-order valence-corrected chi connectivity index (χ0v) is 25.1. The quantitative estimate of drug-likeness (QED) is 0.0669. The molecule has 0 atom stereocenters. The Morgan fingerprint density at radius 2 is 0.400 bits per heavy atom. The van der Waals surface area contributed by atoms with Crippen molar-refractivity contribution in [3.63, 3.8) is 0 Å². The molecule has 0 heteroatoms. The van der Waals surface area contributed by atoms with Crippen LogP contribution in [0.3, 0.4) is 0 Å². The molecule has 0 fully saturated rings. The zero-order valence-electron chi connectivity index (χ0n) is 25.1. The van der Waals surface area contributed by atoms with Crippen molar-refractivity contribution in [2.75, 3.05) is 0 Å². The first kappa shape index (κ1) is 34.7. The molecular formula is C35H70. The second kappa shape index (κ2) is 33.7. The van der Waals surface area contributed by atoms with Crippen LogP contribution in [-0.4, -0.2) is 0 Å². The Kier molecular flexibility index (Phi) is 33.5. The first-order valence-electron chi connectivity index (χ1n) is 17.1. The summed E-state index contributed by atoms with van der Waals surface area (Å²) in [5, 5.41) is 0. The van der Waals surface area contributed by atoms with Crippen molar-refractivity contribution in [2.45, 2.75) is 213 Å². The molecule has 0 saturated carbocycles. The molecule has 0 nitrogen and oxygen atoms in total. The molecule has 0 aromatic heterocycles. The minimum absolute atomic E-state index is 1.32. The smallest absolute Gasteiger partial charge is 0.0351 e. The van der Waals surface area contributed by atoms with Crippen molar-refractivity contribution in [2.24, 2.45) is 0 Å². The van der Waals surface area contributed by atoms with E-state index in [2.05, 4.69) is 26.0 Å². The normalized spacial score (nSPS) is 11.7. The summed E-state index contributed by atoms with van der Waals surface area (Å²) < 4.78 is 0. The van der Waals surface area contributed by atoms with Crippen LogP contribution in [0.25, 0.3) is 0 Å². The highest BCUT2D eigenvalue weighted by atomic mass is 14.0. The maximum atomic E-state index is 2.46. The average molecular weight is 491 g/mol. The van der Waals surface area contributed by atoms with E-state index >= 15 is 0 Å². The Labute approximate surface area is 224 Å². The molecule has 0 heterocycles. The highest BCUT2D eigenvalue weighted by Crippen LogP contribution is 2.15. The SMILES string of the molecule is CCCCCCCCCCCCCCCCC=CCCCCCCCCCCCCCCCCC. The molecule has 0 radical (unpaired) electrons. The molecule has 0 saturated heterocycles. The number of rotatable bonds is 31. The van der Waals surface area contributed by atoms with Gasteiger partial charge in [-0.1, -0.05) is 199 Å². The summed E-state index contributed by atoms with van der Waals surface area (Å²) in [6.07, 6.45) is 49.9. The highest BCUT2D eigenvalue weighted by Gasteiger charge is 1.95. The lowest BCUT2D eigenvalue weighted by molar-refractivity contribution is 0.532. The lowest BCUT2D eigenvalue weighted by atomic mass is 10.0. The zero-order chi connectivity index (χ0) is 25.3. The molecule has 0 aromatic carbocycles. The van der Waals surface area contributed by atoms with E-state index in [9.17, 15) is 0 Å². The van der Waals surface area contributed by atoms with Crippen LogP contribution < -0.4 is 0 Å². The maximum Gasteiger partial charge on any atom is -0.0351 e. The summed E-state index contributed by atoms with van der Waals surface area (Å²) in [5.41, 5.74) is 0. The van der Waals surface area contributed by atoms with Crippen molar-refractivity contribution in [3.05, 3.63) is 12.2 Å². The lowest BCUT2D eigenvalue weighted by Gasteiger charge is -2.03. The van der Waals surface area contributed by atoms with Crippen LogP contribution in [0.1, 0.15) is 213 Å². The van der Waals surface area contributed by atoms with Crippen molar-refractivity contribution in [1.82, 2.24) is 0 Å². The van der Waals surface area contributed by atoms with Gasteiger partial charge in [0.1, 0.15) is 0 Å². The van der Waals surface area contributed by atoms with E-state index in [-0.39, 0.29) is 0 Å². The van der Waals surface area contributed by atoms with Crippen molar-refractivity contribution in [1.29, 1.82) is 0 Å². The predicted octanol–water partition coefficient (Wildman–Crippen LogP) is 13.7. The van der Waals surface area contributed by atoms with Crippen LogP contribution >= 0.6 is 0 Å². The van der Waals surface area contributed by atoms with Gasteiger partial charge in [0.05, 0.1) is 0 Å². The molecule has 0 aliphatic rings. The van der Waals surface area contributed by atoms with Gasteiger partial charge in [0.2, 0.25) is 0 Å². The van der Waals surface area contributed by atoms with Crippen LogP contribution in [0.15, 0.2) is 12.2 Å². The van der Waals surface area contributed by atoms with Gasteiger partial charge in [-0.15, -0.1) is 0 Å². The van der Waals surface area contributed by atoms with Crippen molar-refractivity contribution in [3.8, 4) is 0 Å². The largest absolute Gasteiger partial charge is 0.0885 e. The Hall–Kier alpha value is -0.260. The summed E-state index contributed by atoms with van der Waals surface area (Å²) >= 11 is 0. The second-order valence-electron chi connectivity index (χ2n) is 11.6. The van der Waals surface area contributed by atoms with E-state index in [4.69, 9.17) is 0 Å². The fourth-order valence-electron chi connectivity index (χ4n) is 5.33. The molecule has 0 aliphatic carbocycles. The van der Waals surface area contributed by atoms with Gasteiger partial charge in [0.15, 0.2) is 0 Å². The highest BCUT2D eigenvalue weighted by molar-refractivity contribution is 4.81. The topological polar surface area (TPSA) is 0 Å². The summed E-state index contributed by atoms with van der Waals surface area (Å²) in [7, 11) is 0. The monoisotopic (exact) mass is 491 g/mol. The minimum Gasteiger partial charge on any atom is -0.0885 e. The second-order valence-corrected chi connectivity index (χ2v) is 11.6. The van der Waals surface area contributed by atoms with Gasteiger partial charge in [-0.05, 0) is 25.7 Å². The third-order valence-electron chi connectivity index (χ3n) is 7.87. The van der Waals surface area contributed by atoms with Gasteiger partial charge in [-0.25, -0.2) is 0 Å². The predicted molar refractivity (Wildman–Crippen MR) is 164 cm³/mol. The molecule has 0 rings (SSSR count). The molecule has 210 valence electrons. The molecule has 0 unspecified atom stereocenters. The van der Waals surface area contributed by atoms with E-state index in [1.165, 1.54) is 199 Å². The minimum atomic E-state index is 1.32. The van der Waals surface area contributed by atoms with Crippen LogP contribution in [0.2, 0.25) is 0 Å². The third kappa shape index (κ3) is 33.7. The summed E-state index contributed by atoms with van der Waals surface area (Å²) in [6.45, 7) is 4.61. The van der Waals surface area contributed by atoms with Crippen LogP contribution in [-0.2, 0) is 0 Å². The lowest BCUT2D eigenvalue weighted by Crippen LogP contribution is -1.83. The molecule has 0 spiro atoms. The fraction of sp³-hybridized carbons (Fsp3) is 0.943. The van der Waals surface area contributed by atoms with E-state index in [1.54, 1.807) is 0 Å². The Morgan fingerprint density at radius 3 is 0.600 bits per heavy atom. The van der Waals surface area contributed by atoms with Crippen LogP contribution in [0, 0.1) is 0 Å². The molecule has 0 N–H and O–H groups in total.